The fraction of sp³-hybridized carbons (Fsp3) is 0.300. The Hall–Kier alpha value is -0.810. The molecule has 16 heavy (non-hydrogen) atoms. The molecule has 1 unspecified atom stereocenters. The highest BCUT2D eigenvalue weighted by atomic mass is 35.5. The molecule has 6 heteroatoms. The van der Waals surface area contributed by atoms with Crippen LogP contribution in [0.1, 0.15) is 0 Å². The number of benzene rings is 1. The van der Waals surface area contributed by atoms with Crippen LogP contribution in [0.15, 0.2) is 18.2 Å². The summed E-state index contributed by atoms with van der Waals surface area (Å²) in [4.78, 5) is 13.2. The molecule has 86 valence electrons. The van der Waals surface area contributed by atoms with E-state index in [1.165, 1.54) is 6.07 Å². The van der Waals surface area contributed by atoms with Crippen molar-refractivity contribution >= 4 is 39.9 Å². The van der Waals surface area contributed by atoms with E-state index in [1.54, 1.807) is 12.1 Å². The zero-order valence-corrected chi connectivity index (χ0v) is 10.1. The zero-order chi connectivity index (χ0) is 11.9. The molecular weight excluding hydrogens is 251 g/mol. The van der Waals surface area contributed by atoms with Gasteiger partial charge in [-0.25, -0.2) is 9.44 Å². The van der Waals surface area contributed by atoms with Crippen molar-refractivity contribution in [2.24, 2.45) is 0 Å². The van der Waals surface area contributed by atoms with Crippen LogP contribution in [-0.4, -0.2) is 25.5 Å². The molecular formula is C10H10Cl2N2O2. The van der Waals surface area contributed by atoms with E-state index in [1.807, 2.05) is 11.9 Å². The summed E-state index contributed by atoms with van der Waals surface area (Å²) in [5.74, 6) is 0. The van der Waals surface area contributed by atoms with E-state index in [0.29, 0.717) is 22.9 Å². The first kappa shape index (κ1) is 11.7. The third-order valence-corrected chi connectivity index (χ3v) is 3.28. The van der Waals surface area contributed by atoms with Gasteiger partial charge >= 0.3 is 5.37 Å². The molecule has 4 nitrogen and oxygen atoms in total. The van der Waals surface area contributed by atoms with Gasteiger partial charge in [-0.15, -0.1) is 0 Å². The molecule has 0 aromatic heterocycles. The summed E-state index contributed by atoms with van der Waals surface area (Å²) in [6.45, 7) is 0.586. The van der Waals surface area contributed by atoms with Gasteiger partial charge in [0.15, 0.2) is 5.69 Å². The predicted octanol–water partition coefficient (Wildman–Crippen LogP) is 2.95. The summed E-state index contributed by atoms with van der Waals surface area (Å²) in [7, 11) is 1.86. The molecule has 0 bridgehead atoms. The summed E-state index contributed by atoms with van der Waals surface area (Å²) in [5, 5.41) is 11.8. The molecule has 0 aliphatic carbocycles. The summed E-state index contributed by atoms with van der Waals surface area (Å²) in [6.07, 6.45) is 0. The van der Waals surface area contributed by atoms with Crippen LogP contribution < -0.4 is 9.55 Å². The number of likely N-dealkylation sites (N-methyl/N-ethyl adjacent to an activating group) is 1. The number of quaternary nitrogens is 1. The van der Waals surface area contributed by atoms with Crippen molar-refractivity contribution < 1.29 is 4.79 Å². The standard InChI is InChI=1S/C10H10Cl2N2O2/c1-13-4-5-14(16,10(12)15)9-6-7(11)2-3-8(9)13/h2-3,6H,4-5H2,1H3. The minimum atomic E-state index is -1.15. The molecule has 2 rings (SSSR count). The molecule has 1 aromatic rings. The normalized spacial score (nSPS) is 24.1. The van der Waals surface area contributed by atoms with Crippen molar-refractivity contribution in [1.29, 1.82) is 0 Å². The number of fused-ring (bicyclic) bond motifs is 1. The van der Waals surface area contributed by atoms with Crippen molar-refractivity contribution in [2.45, 2.75) is 0 Å². The van der Waals surface area contributed by atoms with Gasteiger partial charge in [0.25, 0.3) is 0 Å². The third-order valence-electron chi connectivity index (χ3n) is 2.77. The minimum Gasteiger partial charge on any atom is -0.619 e. The van der Waals surface area contributed by atoms with E-state index in [9.17, 15) is 10.0 Å². The number of rotatable bonds is 0. The largest absolute Gasteiger partial charge is 0.619 e. The second-order valence-electron chi connectivity index (χ2n) is 3.77. The second kappa shape index (κ2) is 3.89. The van der Waals surface area contributed by atoms with Gasteiger partial charge in [-0.1, -0.05) is 11.6 Å². The molecule has 0 N–H and O–H groups in total. The molecule has 0 fully saturated rings. The first-order valence-corrected chi connectivity index (χ1v) is 5.51. The van der Waals surface area contributed by atoms with Crippen LogP contribution in [0.4, 0.5) is 16.2 Å². The van der Waals surface area contributed by atoms with Gasteiger partial charge in [-0.3, -0.25) is 0 Å². The maximum absolute atomic E-state index is 12.3. The number of carbonyl (C=O) groups excluding carboxylic acids is 1. The molecule has 1 heterocycles. The van der Waals surface area contributed by atoms with Gasteiger partial charge in [0.05, 0.1) is 12.2 Å². The Morgan fingerprint density at radius 3 is 2.88 bits per heavy atom. The van der Waals surface area contributed by atoms with Crippen LogP contribution in [0, 0.1) is 5.21 Å². The van der Waals surface area contributed by atoms with E-state index < -0.39 is 10.0 Å². The molecule has 1 atom stereocenters. The fourth-order valence-electron chi connectivity index (χ4n) is 1.82. The first-order chi connectivity index (χ1) is 7.45. The van der Waals surface area contributed by atoms with E-state index in [0.717, 1.165) is 0 Å². The molecule has 1 aliphatic heterocycles. The van der Waals surface area contributed by atoms with Gasteiger partial charge in [-0.2, -0.15) is 0 Å². The number of halogens is 2. The Labute approximate surface area is 103 Å². The molecule has 0 spiro atoms. The van der Waals surface area contributed by atoms with Crippen LogP contribution in [0.3, 0.4) is 0 Å². The Morgan fingerprint density at radius 1 is 1.56 bits per heavy atom. The number of nitrogens with zero attached hydrogens (tertiary/aromatic N) is 2. The maximum atomic E-state index is 12.3. The van der Waals surface area contributed by atoms with E-state index >= 15 is 0 Å². The van der Waals surface area contributed by atoms with Crippen LogP contribution >= 0.6 is 23.2 Å². The number of carbonyl (C=O) groups is 1. The summed E-state index contributed by atoms with van der Waals surface area (Å²) < 4.78 is -1.15. The SMILES string of the molecule is CN1CC[N+]([O-])(C(=O)Cl)c2cc(Cl)ccc21. The van der Waals surface area contributed by atoms with Gasteiger partial charge < -0.3 is 10.1 Å². The average molecular weight is 261 g/mol. The number of amides is 1. The second-order valence-corrected chi connectivity index (χ2v) is 4.53. The lowest BCUT2D eigenvalue weighted by atomic mass is 10.2. The molecule has 1 aliphatic rings. The highest BCUT2D eigenvalue weighted by Crippen LogP contribution is 2.39. The molecule has 1 aromatic carbocycles. The van der Waals surface area contributed by atoms with Crippen molar-refractivity contribution in [3.63, 3.8) is 0 Å². The van der Waals surface area contributed by atoms with Gasteiger partial charge in [0, 0.05) is 29.7 Å². The average Bonchev–Trinajstić information content (AvgIpc) is 2.23. The Morgan fingerprint density at radius 2 is 2.25 bits per heavy atom. The lowest BCUT2D eigenvalue weighted by Crippen LogP contribution is -2.53. The Kier molecular flexibility index (Phi) is 2.84. The molecule has 0 radical (unpaired) electrons. The smallest absolute Gasteiger partial charge is 0.417 e. The zero-order valence-electron chi connectivity index (χ0n) is 8.61. The number of hydroxylamine groups is 2. The van der Waals surface area contributed by atoms with Crippen molar-refractivity contribution in [3.05, 3.63) is 28.4 Å². The quantitative estimate of drug-likeness (QED) is 0.312. The van der Waals surface area contributed by atoms with Gasteiger partial charge in [-0.05, 0) is 12.1 Å². The lowest BCUT2D eigenvalue weighted by molar-refractivity contribution is 0.237. The van der Waals surface area contributed by atoms with Crippen molar-refractivity contribution in [3.8, 4) is 0 Å². The summed E-state index contributed by atoms with van der Waals surface area (Å²) in [6, 6.07) is 4.91. The van der Waals surface area contributed by atoms with Crippen LogP contribution in [-0.2, 0) is 0 Å². The van der Waals surface area contributed by atoms with Crippen LogP contribution in [0.5, 0.6) is 0 Å². The number of hydrogen-bond donors (Lipinski definition) is 0. The molecule has 0 saturated heterocycles. The van der Waals surface area contributed by atoms with E-state index in [4.69, 9.17) is 23.2 Å². The Bertz CT molecular complexity index is 452. The monoisotopic (exact) mass is 260 g/mol. The first-order valence-electron chi connectivity index (χ1n) is 4.75. The predicted molar refractivity (Wildman–Crippen MR) is 66.0 cm³/mol. The van der Waals surface area contributed by atoms with Crippen molar-refractivity contribution in [2.75, 3.05) is 25.0 Å². The highest BCUT2D eigenvalue weighted by Gasteiger charge is 2.36. The van der Waals surface area contributed by atoms with Crippen LogP contribution in [0.25, 0.3) is 0 Å². The Balaban J connectivity index is 2.63. The maximum Gasteiger partial charge on any atom is 0.417 e. The topological polar surface area (TPSA) is 43.4 Å². The van der Waals surface area contributed by atoms with Gasteiger partial charge in [0.1, 0.15) is 6.54 Å². The third kappa shape index (κ3) is 1.68. The van der Waals surface area contributed by atoms with E-state index in [-0.39, 0.29) is 6.54 Å². The molecule has 0 saturated carbocycles. The molecule has 1 amide bonds. The fourth-order valence-corrected chi connectivity index (χ4v) is 2.16. The highest BCUT2D eigenvalue weighted by molar-refractivity contribution is 6.65. The summed E-state index contributed by atoms with van der Waals surface area (Å²) >= 11 is 11.2. The van der Waals surface area contributed by atoms with Crippen molar-refractivity contribution in [1.82, 2.24) is 4.65 Å². The summed E-state index contributed by atoms with van der Waals surface area (Å²) in [5.41, 5.74) is 1.00. The number of anilines is 1. The van der Waals surface area contributed by atoms with Gasteiger partial charge in [0.2, 0.25) is 0 Å². The van der Waals surface area contributed by atoms with Crippen LogP contribution in [0.2, 0.25) is 5.02 Å². The number of hydrogen-bond acceptors (Lipinski definition) is 3. The lowest BCUT2D eigenvalue weighted by Gasteiger charge is -2.43. The minimum absolute atomic E-state index is 0.103. The van der Waals surface area contributed by atoms with E-state index in [2.05, 4.69) is 0 Å².